The molecule has 4 aromatic rings. The van der Waals surface area contributed by atoms with E-state index < -0.39 is 17.8 Å². The van der Waals surface area contributed by atoms with Crippen molar-refractivity contribution < 1.29 is 32.2 Å². The Kier molecular flexibility index (Phi) is 7.53. The third-order valence-corrected chi connectivity index (χ3v) is 6.95. The third-order valence-electron chi connectivity index (χ3n) is 6.95. The van der Waals surface area contributed by atoms with Gasteiger partial charge in [-0.1, -0.05) is 6.07 Å². The van der Waals surface area contributed by atoms with Crippen molar-refractivity contribution in [2.45, 2.75) is 12.7 Å². The van der Waals surface area contributed by atoms with E-state index in [1.54, 1.807) is 43.4 Å². The van der Waals surface area contributed by atoms with E-state index in [9.17, 15) is 18.0 Å². The predicted molar refractivity (Wildman–Crippen MR) is 141 cm³/mol. The molecule has 5 rings (SSSR count). The van der Waals surface area contributed by atoms with Crippen LogP contribution in [0.1, 0.15) is 21.6 Å². The van der Waals surface area contributed by atoms with Gasteiger partial charge in [0.25, 0.3) is 5.91 Å². The van der Waals surface area contributed by atoms with E-state index in [1.165, 1.54) is 7.11 Å². The number of halogens is 3. The second-order valence-corrected chi connectivity index (χ2v) is 9.26. The fraction of sp³-hybridized carbons (Fsp3) is 0.321. The average Bonchev–Trinajstić information content (AvgIpc) is 3.40. The van der Waals surface area contributed by atoms with Crippen molar-refractivity contribution in [3.05, 3.63) is 71.5 Å². The van der Waals surface area contributed by atoms with Gasteiger partial charge in [0.05, 0.1) is 38.8 Å². The van der Waals surface area contributed by atoms with E-state index in [2.05, 4.69) is 15.0 Å². The average molecular weight is 556 g/mol. The van der Waals surface area contributed by atoms with E-state index >= 15 is 0 Å². The van der Waals surface area contributed by atoms with Crippen molar-refractivity contribution in [3.8, 4) is 28.5 Å². The molecule has 0 saturated carbocycles. The SMILES string of the molecule is COc1ccc(-c2cc(C(F)(F)F)n3ncc(C(=O)N4CCN(Cc5c(OC)cccc5OC)CC4)c3n2)cc1. The molecule has 210 valence electrons. The van der Waals surface area contributed by atoms with Crippen LogP contribution in [-0.2, 0) is 12.7 Å². The Morgan fingerprint density at radius 2 is 1.57 bits per heavy atom. The quantitative estimate of drug-likeness (QED) is 0.335. The van der Waals surface area contributed by atoms with Gasteiger partial charge >= 0.3 is 6.18 Å². The summed E-state index contributed by atoms with van der Waals surface area (Å²) in [6.07, 6.45) is -3.55. The Morgan fingerprint density at radius 1 is 0.925 bits per heavy atom. The van der Waals surface area contributed by atoms with Crippen molar-refractivity contribution in [2.24, 2.45) is 0 Å². The number of hydrogen-bond acceptors (Lipinski definition) is 7. The van der Waals surface area contributed by atoms with Crippen molar-refractivity contribution in [3.63, 3.8) is 0 Å². The molecule has 9 nitrogen and oxygen atoms in total. The zero-order valence-electron chi connectivity index (χ0n) is 22.2. The van der Waals surface area contributed by atoms with Crippen molar-refractivity contribution in [2.75, 3.05) is 47.5 Å². The third kappa shape index (κ3) is 5.26. The summed E-state index contributed by atoms with van der Waals surface area (Å²) in [5.74, 6) is 1.56. The minimum atomic E-state index is -4.71. The Balaban J connectivity index is 1.39. The second kappa shape index (κ2) is 11.0. The molecule has 1 fully saturated rings. The number of hydrogen-bond donors (Lipinski definition) is 0. The maximum atomic E-state index is 14.0. The normalized spacial score (nSPS) is 14.4. The lowest BCUT2D eigenvalue weighted by Crippen LogP contribution is -2.48. The fourth-order valence-corrected chi connectivity index (χ4v) is 4.81. The van der Waals surface area contributed by atoms with Gasteiger partial charge in [0, 0.05) is 38.3 Å². The first-order chi connectivity index (χ1) is 19.2. The highest BCUT2D eigenvalue weighted by molar-refractivity contribution is 6.00. The van der Waals surface area contributed by atoms with E-state index in [0.717, 1.165) is 17.8 Å². The van der Waals surface area contributed by atoms with Crippen LogP contribution in [0, 0.1) is 0 Å². The monoisotopic (exact) mass is 555 g/mol. The number of aromatic nitrogens is 3. The topological polar surface area (TPSA) is 81.4 Å². The van der Waals surface area contributed by atoms with Gasteiger partial charge in [-0.3, -0.25) is 9.69 Å². The summed E-state index contributed by atoms with van der Waals surface area (Å²) in [4.78, 5) is 21.7. The Bertz CT molecular complexity index is 1490. The number of benzene rings is 2. The zero-order valence-corrected chi connectivity index (χ0v) is 22.2. The van der Waals surface area contributed by atoms with Gasteiger partial charge in [0.15, 0.2) is 11.3 Å². The van der Waals surface area contributed by atoms with Crippen LogP contribution in [0.4, 0.5) is 13.2 Å². The number of alkyl halides is 3. The molecule has 1 aliphatic rings. The van der Waals surface area contributed by atoms with Crippen LogP contribution in [0.15, 0.2) is 54.7 Å². The van der Waals surface area contributed by atoms with Crippen molar-refractivity contribution >= 4 is 11.6 Å². The summed E-state index contributed by atoms with van der Waals surface area (Å²) in [6.45, 7) is 2.46. The van der Waals surface area contributed by atoms with Gasteiger partial charge in [-0.2, -0.15) is 18.3 Å². The van der Waals surface area contributed by atoms with Crippen LogP contribution in [0.2, 0.25) is 0 Å². The molecule has 0 radical (unpaired) electrons. The lowest BCUT2D eigenvalue weighted by atomic mass is 10.1. The van der Waals surface area contributed by atoms with Crippen LogP contribution in [0.3, 0.4) is 0 Å². The number of ether oxygens (including phenoxy) is 3. The number of amides is 1. The number of rotatable bonds is 7. The maximum absolute atomic E-state index is 14.0. The van der Waals surface area contributed by atoms with E-state index in [0.29, 0.717) is 60.1 Å². The Labute approximate surface area is 228 Å². The number of carbonyl (C=O) groups excluding carboxylic acids is 1. The van der Waals surface area contributed by atoms with Gasteiger partial charge in [-0.25, -0.2) is 9.50 Å². The molecule has 0 atom stereocenters. The molecule has 1 aliphatic heterocycles. The first-order valence-electron chi connectivity index (χ1n) is 12.6. The lowest BCUT2D eigenvalue weighted by molar-refractivity contribution is -0.142. The molecule has 0 bridgehead atoms. The van der Waals surface area contributed by atoms with Gasteiger partial charge in [0.1, 0.15) is 22.8 Å². The lowest BCUT2D eigenvalue weighted by Gasteiger charge is -2.35. The molecule has 40 heavy (non-hydrogen) atoms. The molecular weight excluding hydrogens is 527 g/mol. The summed E-state index contributed by atoms with van der Waals surface area (Å²) in [6, 6.07) is 13.0. The van der Waals surface area contributed by atoms with Crippen molar-refractivity contribution in [1.29, 1.82) is 0 Å². The molecule has 3 heterocycles. The molecule has 12 heteroatoms. The summed E-state index contributed by atoms with van der Waals surface area (Å²) in [7, 11) is 4.70. The van der Waals surface area contributed by atoms with Crippen LogP contribution >= 0.6 is 0 Å². The molecule has 1 saturated heterocycles. The summed E-state index contributed by atoms with van der Waals surface area (Å²) >= 11 is 0. The van der Waals surface area contributed by atoms with Crippen molar-refractivity contribution in [1.82, 2.24) is 24.4 Å². The zero-order chi connectivity index (χ0) is 28.4. The molecule has 2 aromatic heterocycles. The van der Waals surface area contributed by atoms with Crippen LogP contribution in [0.5, 0.6) is 17.2 Å². The van der Waals surface area contributed by atoms with Crippen LogP contribution in [-0.4, -0.2) is 77.8 Å². The minimum absolute atomic E-state index is 0.0145. The standard InChI is InChI=1S/C28H28F3N5O4/c1-38-19-9-7-18(8-10-19)22-15-25(28(29,30)31)36-26(33-22)20(16-32-36)27(37)35-13-11-34(12-14-35)17-21-23(39-2)5-4-6-24(21)40-3/h4-10,15-16H,11-14,17H2,1-3H3. The number of nitrogens with zero attached hydrogens (tertiary/aromatic N) is 5. The fourth-order valence-electron chi connectivity index (χ4n) is 4.81. The summed E-state index contributed by atoms with van der Waals surface area (Å²) < 4.78 is 58.8. The molecular formula is C28H28F3N5O4. The number of fused-ring (bicyclic) bond motifs is 1. The second-order valence-electron chi connectivity index (χ2n) is 9.26. The smallest absolute Gasteiger partial charge is 0.433 e. The highest BCUT2D eigenvalue weighted by Crippen LogP contribution is 2.34. The van der Waals surface area contributed by atoms with E-state index in [4.69, 9.17) is 14.2 Å². The highest BCUT2D eigenvalue weighted by Gasteiger charge is 2.36. The number of carbonyl (C=O) groups is 1. The number of methoxy groups -OCH3 is 3. The minimum Gasteiger partial charge on any atom is -0.497 e. The highest BCUT2D eigenvalue weighted by atomic mass is 19.4. The first-order valence-corrected chi connectivity index (χ1v) is 12.6. The van der Waals surface area contributed by atoms with Gasteiger partial charge in [-0.15, -0.1) is 0 Å². The van der Waals surface area contributed by atoms with Gasteiger partial charge in [0.2, 0.25) is 0 Å². The maximum Gasteiger partial charge on any atom is 0.433 e. The van der Waals surface area contributed by atoms with Gasteiger partial charge in [-0.05, 0) is 42.5 Å². The Hall–Kier alpha value is -4.32. The molecule has 0 spiro atoms. The summed E-state index contributed by atoms with van der Waals surface area (Å²) in [5, 5.41) is 3.90. The predicted octanol–water partition coefficient (Wildman–Crippen LogP) is 4.40. The molecule has 0 N–H and O–H groups in total. The molecule has 1 amide bonds. The number of piperazine rings is 1. The van der Waals surface area contributed by atoms with Crippen LogP contribution < -0.4 is 14.2 Å². The van der Waals surface area contributed by atoms with Gasteiger partial charge < -0.3 is 19.1 Å². The largest absolute Gasteiger partial charge is 0.497 e. The molecule has 0 unspecified atom stereocenters. The molecule has 2 aromatic carbocycles. The summed E-state index contributed by atoms with van der Waals surface area (Å²) in [5.41, 5.74) is 0.289. The Morgan fingerprint density at radius 3 is 2.15 bits per heavy atom. The first kappa shape index (κ1) is 27.3. The van der Waals surface area contributed by atoms with Crippen LogP contribution in [0.25, 0.3) is 16.9 Å². The van der Waals surface area contributed by atoms with E-state index in [1.807, 2.05) is 18.2 Å². The molecule has 0 aliphatic carbocycles. The van der Waals surface area contributed by atoms with E-state index in [-0.39, 0.29) is 16.9 Å².